The van der Waals surface area contributed by atoms with Crippen molar-refractivity contribution in [2.45, 2.75) is 27.2 Å². The van der Waals surface area contributed by atoms with E-state index in [2.05, 4.69) is 16.9 Å². The van der Waals surface area contributed by atoms with E-state index in [1.165, 1.54) is 4.88 Å². The van der Waals surface area contributed by atoms with Crippen LogP contribution in [0.5, 0.6) is 0 Å². The zero-order valence-corrected chi connectivity index (χ0v) is 10.4. The molecule has 1 N–H and O–H groups in total. The lowest BCUT2D eigenvalue weighted by Crippen LogP contribution is -2.08. The summed E-state index contributed by atoms with van der Waals surface area (Å²) in [6.45, 7) is 6.09. The van der Waals surface area contributed by atoms with Gasteiger partial charge in [0.25, 0.3) is 0 Å². The van der Waals surface area contributed by atoms with Crippen molar-refractivity contribution in [1.82, 2.24) is 9.97 Å². The molecule has 0 radical (unpaired) electrons. The van der Waals surface area contributed by atoms with Gasteiger partial charge in [0.2, 0.25) is 5.56 Å². The van der Waals surface area contributed by atoms with Crippen molar-refractivity contribution >= 4 is 11.3 Å². The lowest BCUT2D eigenvalue weighted by Gasteiger charge is -2.05. The molecule has 2 aromatic rings. The molecule has 0 atom stereocenters. The maximum absolute atomic E-state index is 11.2. The monoisotopic (exact) mass is 234 g/mol. The summed E-state index contributed by atoms with van der Waals surface area (Å²) in [5.74, 6) is 0. The summed E-state index contributed by atoms with van der Waals surface area (Å²) in [7, 11) is 0. The van der Waals surface area contributed by atoms with Crippen LogP contribution in [0.4, 0.5) is 0 Å². The number of hydrogen-bond acceptors (Lipinski definition) is 3. The fraction of sp³-hybridized carbons (Fsp3) is 0.333. The number of rotatable bonds is 2. The molecule has 0 spiro atoms. The van der Waals surface area contributed by atoms with E-state index in [0.717, 1.165) is 28.4 Å². The number of hydrogen-bond donors (Lipinski definition) is 1. The van der Waals surface area contributed by atoms with E-state index in [9.17, 15) is 4.79 Å². The largest absolute Gasteiger partial charge is 0.326 e. The summed E-state index contributed by atoms with van der Waals surface area (Å²) in [4.78, 5) is 19.8. The molecule has 2 aromatic heterocycles. The number of nitrogens with zero attached hydrogens (tertiary/aromatic N) is 1. The van der Waals surface area contributed by atoms with Gasteiger partial charge in [-0.15, -0.1) is 11.3 Å². The van der Waals surface area contributed by atoms with Crippen molar-refractivity contribution in [2.75, 3.05) is 0 Å². The first-order valence-electron chi connectivity index (χ1n) is 5.28. The highest BCUT2D eigenvalue weighted by Crippen LogP contribution is 2.28. The van der Waals surface area contributed by atoms with E-state index >= 15 is 0 Å². The second-order valence-electron chi connectivity index (χ2n) is 3.71. The van der Waals surface area contributed by atoms with Gasteiger partial charge >= 0.3 is 0 Å². The number of aryl methyl sites for hydroxylation is 3. The van der Waals surface area contributed by atoms with E-state index in [1.54, 1.807) is 17.4 Å². The van der Waals surface area contributed by atoms with Gasteiger partial charge in [0.15, 0.2) is 0 Å². The van der Waals surface area contributed by atoms with Crippen LogP contribution in [-0.4, -0.2) is 9.97 Å². The van der Waals surface area contributed by atoms with Crippen molar-refractivity contribution < 1.29 is 0 Å². The smallest absolute Gasteiger partial charge is 0.248 e. The molecule has 2 heterocycles. The summed E-state index contributed by atoms with van der Waals surface area (Å²) in [6.07, 6.45) is 0.807. The Labute approximate surface area is 98.2 Å². The number of H-pyrrole nitrogens is 1. The van der Waals surface area contributed by atoms with Crippen LogP contribution in [0.25, 0.3) is 11.3 Å². The highest BCUT2D eigenvalue weighted by atomic mass is 32.1. The van der Waals surface area contributed by atoms with Gasteiger partial charge < -0.3 is 4.98 Å². The Morgan fingerprint density at radius 2 is 2.12 bits per heavy atom. The van der Waals surface area contributed by atoms with Gasteiger partial charge in [0.1, 0.15) is 0 Å². The molecule has 2 rings (SSSR count). The predicted octanol–water partition coefficient (Wildman–Crippen LogP) is 2.68. The minimum atomic E-state index is -0.0507. The lowest BCUT2D eigenvalue weighted by molar-refractivity contribution is 1.01. The van der Waals surface area contributed by atoms with Crippen LogP contribution in [0.3, 0.4) is 0 Å². The fourth-order valence-corrected chi connectivity index (χ4v) is 2.63. The average Bonchev–Trinajstić information content (AvgIpc) is 2.57. The van der Waals surface area contributed by atoms with Gasteiger partial charge in [-0.05, 0) is 26.3 Å². The molecular weight excluding hydrogens is 220 g/mol. The topological polar surface area (TPSA) is 45.8 Å². The molecule has 0 bridgehead atoms. The van der Waals surface area contributed by atoms with E-state index in [1.807, 2.05) is 19.9 Å². The number of pyridine rings is 1. The molecular formula is C12H14N2OS. The van der Waals surface area contributed by atoms with Gasteiger partial charge in [0, 0.05) is 22.2 Å². The van der Waals surface area contributed by atoms with Crippen molar-refractivity contribution in [3.05, 3.63) is 38.1 Å². The number of thiazole rings is 1. The lowest BCUT2D eigenvalue weighted by atomic mass is 10.1. The van der Waals surface area contributed by atoms with Crippen LogP contribution < -0.4 is 5.56 Å². The first-order valence-corrected chi connectivity index (χ1v) is 6.10. The zero-order valence-electron chi connectivity index (χ0n) is 9.63. The van der Waals surface area contributed by atoms with E-state index in [4.69, 9.17) is 0 Å². The van der Waals surface area contributed by atoms with Crippen molar-refractivity contribution in [3.8, 4) is 11.3 Å². The van der Waals surface area contributed by atoms with Crippen molar-refractivity contribution in [2.24, 2.45) is 0 Å². The molecule has 0 aliphatic carbocycles. The molecule has 4 heteroatoms. The van der Waals surface area contributed by atoms with Crippen LogP contribution in [0, 0.1) is 13.8 Å². The Bertz CT molecular complexity index is 569. The molecule has 0 aliphatic rings. The Balaban J connectivity index is 2.64. The van der Waals surface area contributed by atoms with Gasteiger partial charge in [-0.25, -0.2) is 4.98 Å². The summed E-state index contributed by atoms with van der Waals surface area (Å²) >= 11 is 1.68. The summed E-state index contributed by atoms with van der Waals surface area (Å²) in [6, 6.07) is 3.42. The zero-order chi connectivity index (χ0) is 11.7. The number of aromatic nitrogens is 2. The second kappa shape index (κ2) is 4.22. The van der Waals surface area contributed by atoms with Crippen LogP contribution in [0.1, 0.15) is 22.5 Å². The summed E-state index contributed by atoms with van der Waals surface area (Å²) in [5, 5.41) is 1.06. The molecule has 0 unspecified atom stereocenters. The first-order chi connectivity index (χ1) is 7.61. The van der Waals surface area contributed by atoms with Crippen LogP contribution >= 0.6 is 11.3 Å². The van der Waals surface area contributed by atoms with Gasteiger partial charge in [-0.2, -0.15) is 0 Å². The van der Waals surface area contributed by atoms with Gasteiger partial charge in [0.05, 0.1) is 10.7 Å². The average molecular weight is 234 g/mol. The highest BCUT2D eigenvalue weighted by Gasteiger charge is 2.11. The van der Waals surface area contributed by atoms with Crippen molar-refractivity contribution in [1.29, 1.82) is 0 Å². The molecule has 0 aromatic carbocycles. The molecule has 0 aliphatic heterocycles. The predicted molar refractivity (Wildman–Crippen MR) is 67.0 cm³/mol. The molecule has 0 saturated carbocycles. The Hall–Kier alpha value is -1.42. The third-order valence-electron chi connectivity index (χ3n) is 2.51. The van der Waals surface area contributed by atoms with Crippen LogP contribution in [-0.2, 0) is 6.42 Å². The third kappa shape index (κ3) is 1.93. The Kier molecular flexibility index (Phi) is 2.92. The normalized spacial score (nSPS) is 10.7. The highest BCUT2D eigenvalue weighted by molar-refractivity contribution is 7.11. The fourth-order valence-electron chi connectivity index (χ4n) is 1.80. The van der Waals surface area contributed by atoms with Gasteiger partial charge in [-0.3, -0.25) is 4.79 Å². The first kappa shape index (κ1) is 11.1. The molecule has 3 nitrogen and oxygen atoms in total. The molecule has 16 heavy (non-hydrogen) atoms. The minimum absolute atomic E-state index is 0.0507. The molecule has 0 fully saturated rings. The third-order valence-corrected chi connectivity index (χ3v) is 3.40. The molecule has 0 saturated heterocycles. The second-order valence-corrected chi connectivity index (χ2v) is 5.11. The summed E-state index contributed by atoms with van der Waals surface area (Å²) < 4.78 is 0. The standard InChI is InChI=1S/C12H14N2OS/c1-4-10-9(5-6-11(15)14-10)12-7(2)16-8(3)13-12/h5-6H,4H2,1-3H3,(H,14,15). The maximum atomic E-state index is 11.2. The quantitative estimate of drug-likeness (QED) is 0.868. The Morgan fingerprint density at radius 3 is 2.69 bits per heavy atom. The van der Waals surface area contributed by atoms with Crippen LogP contribution in [0.2, 0.25) is 0 Å². The van der Waals surface area contributed by atoms with Crippen molar-refractivity contribution in [3.63, 3.8) is 0 Å². The van der Waals surface area contributed by atoms with Gasteiger partial charge in [-0.1, -0.05) is 6.92 Å². The minimum Gasteiger partial charge on any atom is -0.326 e. The Morgan fingerprint density at radius 1 is 1.38 bits per heavy atom. The number of nitrogens with one attached hydrogen (secondary N) is 1. The van der Waals surface area contributed by atoms with Crippen LogP contribution in [0.15, 0.2) is 16.9 Å². The summed E-state index contributed by atoms with van der Waals surface area (Å²) in [5.41, 5.74) is 2.95. The molecule has 0 amide bonds. The van der Waals surface area contributed by atoms with E-state index in [-0.39, 0.29) is 5.56 Å². The SMILES string of the molecule is CCc1[nH]c(=O)ccc1-c1nc(C)sc1C. The van der Waals surface area contributed by atoms with E-state index in [0.29, 0.717) is 0 Å². The van der Waals surface area contributed by atoms with E-state index < -0.39 is 0 Å². The molecule has 84 valence electrons. The maximum Gasteiger partial charge on any atom is 0.248 e. The number of aromatic amines is 1.